The van der Waals surface area contributed by atoms with Gasteiger partial charge in [0.05, 0.1) is 6.61 Å². The van der Waals surface area contributed by atoms with Crippen LogP contribution in [0.15, 0.2) is 18.2 Å². The zero-order valence-corrected chi connectivity index (χ0v) is 12.5. The zero-order valence-electron chi connectivity index (χ0n) is 12.5. The van der Waals surface area contributed by atoms with Crippen LogP contribution in [0.4, 0.5) is 10.1 Å². The fourth-order valence-electron chi connectivity index (χ4n) is 2.09. The second-order valence-corrected chi connectivity index (χ2v) is 5.54. The third kappa shape index (κ3) is 5.10. The molecule has 0 saturated heterocycles. The van der Waals surface area contributed by atoms with Crippen LogP contribution in [0, 0.1) is 11.7 Å². The second-order valence-electron chi connectivity index (χ2n) is 5.54. The van der Waals surface area contributed by atoms with E-state index in [4.69, 9.17) is 4.74 Å². The Morgan fingerprint density at radius 1 is 1.35 bits per heavy atom. The number of benzene rings is 1. The van der Waals surface area contributed by atoms with Gasteiger partial charge >= 0.3 is 0 Å². The molecule has 0 heterocycles. The van der Waals surface area contributed by atoms with Crippen molar-refractivity contribution in [3.05, 3.63) is 29.6 Å². The number of likely N-dealkylation sites (N-methyl/N-ethyl adjacent to an activating group) is 1. The minimum absolute atomic E-state index is 0.179. The van der Waals surface area contributed by atoms with Crippen molar-refractivity contribution in [2.45, 2.75) is 26.3 Å². The molecule has 0 atom stereocenters. The molecule has 1 aliphatic carbocycles. The van der Waals surface area contributed by atoms with Crippen LogP contribution in [-0.2, 0) is 11.3 Å². The molecule has 0 unspecified atom stereocenters. The molecular formula is C16H25FN2O. The number of nitrogens with one attached hydrogen (secondary N) is 1. The summed E-state index contributed by atoms with van der Waals surface area (Å²) in [5.74, 6) is 0.613. The fourth-order valence-corrected chi connectivity index (χ4v) is 2.09. The first kappa shape index (κ1) is 15.3. The van der Waals surface area contributed by atoms with E-state index in [2.05, 4.69) is 5.32 Å². The fraction of sp³-hybridized carbons (Fsp3) is 0.625. The first-order chi connectivity index (χ1) is 9.69. The van der Waals surface area contributed by atoms with Gasteiger partial charge in [-0.3, -0.25) is 0 Å². The van der Waals surface area contributed by atoms with Gasteiger partial charge in [0.25, 0.3) is 0 Å². The third-order valence-electron chi connectivity index (χ3n) is 3.58. The number of nitrogens with zero attached hydrogens (tertiary/aromatic N) is 1. The topological polar surface area (TPSA) is 24.5 Å². The van der Waals surface area contributed by atoms with Crippen LogP contribution in [0.3, 0.4) is 0 Å². The highest BCUT2D eigenvalue weighted by Crippen LogP contribution is 2.28. The molecule has 0 radical (unpaired) electrons. The lowest BCUT2D eigenvalue weighted by Crippen LogP contribution is -2.23. The summed E-state index contributed by atoms with van der Waals surface area (Å²) in [4.78, 5) is 2.05. The van der Waals surface area contributed by atoms with Crippen molar-refractivity contribution in [2.24, 2.45) is 5.92 Å². The predicted molar refractivity (Wildman–Crippen MR) is 80.6 cm³/mol. The highest BCUT2D eigenvalue weighted by atomic mass is 19.1. The Kier molecular flexibility index (Phi) is 5.80. The van der Waals surface area contributed by atoms with Gasteiger partial charge < -0.3 is 15.0 Å². The van der Waals surface area contributed by atoms with Gasteiger partial charge in [0, 0.05) is 32.4 Å². The molecule has 0 aromatic heterocycles. The van der Waals surface area contributed by atoms with Crippen molar-refractivity contribution in [3.63, 3.8) is 0 Å². The molecule has 1 fully saturated rings. The Morgan fingerprint density at radius 3 is 2.85 bits per heavy atom. The molecule has 112 valence electrons. The summed E-state index contributed by atoms with van der Waals surface area (Å²) in [6, 6.07) is 5.20. The molecule has 1 saturated carbocycles. The maximum atomic E-state index is 13.6. The molecule has 1 aliphatic rings. The molecule has 2 rings (SSSR count). The smallest absolute Gasteiger partial charge is 0.125 e. The normalized spacial score (nSPS) is 14.6. The van der Waals surface area contributed by atoms with E-state index in [-0.39, 0.29) is 5.82 Å². The van der Waals surface area contributed by atoms with Crippen LogP contribution in [0.25, 0.3) is 0 Å². The summed E-state index contributed by atoms with van der Waals surface area (Å²) in [6.07, 6.45) is 2.63. The monoisotopic (exact) mass is 280 g/mol. The number of rotatable bonds is 9. The van der Waals surface area contributed by atoms with Crippen LogP contribution >= 0.6 is 0 Å². The molecule has 0 bridgehead atoms. The van der Waals surface area contributed by atoms with Gasteiger partial charge in [-0.05, 0) is 49.1 Å². The van der Waals surface area contributed by atoms with E-state index < -0.39 is 0 Å². The lowest BCUT2D eigenvalue weighted by Gasteiger charge is -2.20. The van der Waals surface area contributed by atoms with Crippen molar-refractivity contribution in [1.82, 2.24) is 5.32 Å². The molecule has 1 N–H and O–H groups in total. The largest absolute Gasteiger partial charge is 0.379 e. The summed E-state index contributed by atoms with van der Waals surface area (Å²) in [5, 5.41) is 3.22. The van der Waals surface area contributed by atoms with Crippen molar-refractivity contribution in [3.8, 4) is 0 Å². The van der Waals surface area contributed by atoms with Crippen molar-refractivity contribution in [1.29, 1.82) is 0 Å². The Bertz CT molecular complexity index is 421. The van der Waals surface area contributed by atoms with E-state index in [1.54, 1.807) is 12.1 Å². The average molecular weight is 280 g/mol. The summed E-state index contributed by atoms with van der Waals surface area (Å²) in [5.41, 5.74) is 1.89. The van der Waals surface area contributed by atoms with Gasteiger partial charge in [-0.2, -0.15) is 0 Å². The van der Waals surface area contributed by atoms with Crippen molar-refractivity contribution in [2.75, 3.05) is 38.3 Å². The highest BCUT2D eigenvalue weighted by Gasteiger charge is 2.20. The van der Waals surface area contributed by atoms with E-state index in [0.717, 1.165) is 36.9 Å². The van der Waals surface area contributed by atoms with Gasteiger partial charge in [0.1, 0.15) is 5.82 Å². The highest BCUT2D eigenvalue weighted by molar-refractivity contribution is 5.48. The zero-order chi connectivity index (χ0) is 14.4. The number of ether oxygens (including phenoxy) is 1. The van der Waals surface area contributed by atoms with Crippen molar-refractivity contribution < 1.29 is 9.13 Å². The summed E-state index contributed by atoms with van der Waals surface area (Å²) in [6.45, 7) is 6.00. The summed E-state index contributed by atoms with van der Waals surface area (Å²) >= 11 is 0. The standard InChI is InChI=1S/C16H25FN2O/c1-3-18-11-14-8-15(17)10-16(9-14)19(2)6-7-20-12-13-4-5-13/h8-10,13,18H,3-7,11-12H2,1-2H3. The Hall–Kier alpha value is -1.13. The third-order valence-corrected chi connectivity index (χ3v) is 3.58. The van der Waals surface area contributed by atoms with Crippen LogP contribution in [-0.4, -0.2) is 33.4 Å². The number of anilines is 1. The van der Waals surface area contributed by atoms with Gasteiger partial charge in [-0.15, -0.1) is 0 Å². The minimum atomic E-state index is -0.179. The van der Waals surface area contributed by atoms with E-state index >= 15 is 0 Å². The molecule has 0 spiro atoms. The van der Waals surface area contributed by atoms with E-state index in [1.807, 2.05) is 24.9 Å². The van der Waals surface area contributed by atoms with E-state index in [1.165, 1.54) is 12.8 Å². The van der Waals surface area contributed by atoms with Crippen LogP contribution in [0.5, 0.6) is 0 Å². The average Bonchev–Trinajstić information content (AvgIpc) is 3.24. The van der Waals surface area contributed by atoms with Crippen LogP contribution in [0.2, 0.25) is 0 Å². The molecule has 4 heteroatoms. The first-order valence-electron chi connectivity index (χ1n) is 7.48. The molecule has 0 aliphatic heterocycles. The SMILES string of the molecule is CCNCc1cc(F)cc(N(C)CCOCC2CC2)c1. The quantitative estimate of drug-likeness (QED) is 0.704. The Balaban J connectivity index is 1.83. The molecule has 1 aromatic rings. The first-order valence-corrected chi connectivity index (χ1v) is 7.48. The molecule has 20 heavy (non-hydrogen) atoms. The second kappa shape index (κ2) is 7.60. The lowest BCUT2D eigenvalue weighted by atomic mass is 10.2. The maximum Gasteiger partial charge on any atom is 0.125 e. The van der Waals surface area contributed by atoms with Crippen LogP contribution in [0.1, 0.15) is 25.3 Å². The van der Waals surface area contributed by atoms with E-state index in [0.29, 0.717) is 13.2 Å². The number of hydrogen-bond acceptors (Lipinski definition) is 3. The van der Waals surface area contributed by atoms with Gasteiger partial charge in [0.2, 0.25) is 0 Å². The van der Waals surface area contributed by atoms with Crippen molar-refractivity contribution >= 4 is 5.69 Å². The Labute approximate surface area is 121 Å². The number of halogens is 1. The molecule has 1 aromatic carbocycles. The maximum absolute atomic E-state index is 13.6. The predicted octanol–water partition coefficient (Wildman–Crippen LogP) is 2.80. The molecule has 0 amide bonds. The summed E-state index contributed by atoms with van der Waals surface area (Å²) < 4.78 is 19.3. The summed E-state index contributed by atoms with van der Waals surface area (Å²) in [7, 11) is 1.98. The molecule has 3 nitrogen and oxygen atoms in total. The van der Waals surface area contributed by atoms with Gasteiger partial charge in [-0.1, -0.05) is 6.92 Å². The van der Waals surface area contributed by atoms with Crippen LogP contribution < -0.4 is 10.2 Å². The number of hydrogen-bond donors (Lipinski definition) is 1. The molecular weight excluding hydrogens is 255 g/mol. The lowest BCUT2D eigenvalue weighted by molar-refractivity contribution is 0.131. The van der Waals surface area contributed by atoms with E-state index in [9.17, 15) is 4.39 Å². The van der Waals surface area contributed by atoms with Gasteiger partial charge in [0.15, 0.2) is 0 Å². The van der Waals surface area contributed by atoms with Gasteiger partial charge in [-0.25, -0.2) is 4.39 Å². The Morgan fingerprint density at radius 2 is 2.15 bits per heavy atom. The minimum Gasteiger partial charge on any atom is -0.379 e.